The van der Waals surface area contributed by atoms with Crippen LogP contribution in [-0.2, 0) is 14.8 Å². The van der Waals surface area contributed by atoms with Crippen molar-refractivity contribution in [3.05, 3.63) is 53.1 Å². The number of amides is 1. The van der Waals surface area contributed by atoms with E-state index in [9.17, 15) is 18.0 Å². The predicted molar refractivity (Wildman–Crippen MR) is 111 cm³/mol. The fourth-order valence-electron chi connectivity index (χ4n) is 3.45. The Kier molecular flexibility index (Phi) is 6.31. The van der Waals surface area contributed by atoms with Crippen LogP contribution in [0.5, 0.6) is 5.75 Å². The maximum Gasteiger partial charge on any atom is 0.341 e. The van der Waals surface area contributed by atoms with Gasteiger partial charge in [0, 0.05) is 29.9 Å². The number of carbonyl (C=O) groups is 2. The van der Waals surface area contributed by atoms with E-state index >= 15 is 0 Å². The van der Waals surface area contributed by atoms with Gasteiger partial charge >= 0.3 is 5.97 Å². The molecule has 1 aliphatic heterocycles. The molecule has 2 aromatic carbocycles. The molecule has 2 N–H and O–H groups in total. The Hall–Kier alpha value is -3.07. The Balaban J connectivity index is 1.80. The molecule has 0 bridgehead atoms. The van der Waals surface area contributed by atoms with Gasteiger partial charge in [0.15, 0.2) is 6.61 Å². The van der Waals surface area contributed by atoms with Crippen molar-refractivity contribution < 1.29 is 27.9 Å². The monoisotopic (exact) mass is 432 g/mol. The molecular formula is C21H24N2O6S. The Labute approximate surface area is 175 Å². The summed E-state index contributed by atoms with van der Waals surface area (Å²) in [5, 5.41) is 8.83. The smallest absolute Gasteiger partial charge is 0.341 e. The molecule has 2 aromatic rings. The van der Waals surface area contributed by atoms with E-state index in [4.69, 9.17) is 9.84 Å². The van der Waals surface area contributed by atoms with E-state index in [1.165, 1.54) is 6.07 Å². The lowest BCUT2D eigenvalue weighted by molar-refractivity contribution is -0.139. The molecule has 1 aliphatic rings. The summed E-state index contributed by atoms with van der Waals surface area (Å²) in [6.45, 7) is 4.20. The van der Waals surface area contributed by atoms with Crippen molar-refractivity contribution in [1.82, 2.24) is 4.90 Å². The number of aryl methyl sites for hydroxylation is 1. The number of carboxylic acids is 1. The van der Waals surface area contributed by atoms with Crippen molar-refractivity contribution in [2.45, 2.75) is 31.6 Å². The van der Waals surface area contributed by atoms with Gasteiger partial charge in [0.1, 0.15) is 5.75 Å². The van der Waals surface area contributed by atoms with Crippen LogP contribution in [0.3, 0.4) is 0 Å². The number of carbonyl (C=O) groups excluding carboxylic acids is 1. The first-order chi connectivity index (χ1) is 14.2. The minimum absolute atomic E-state index is 0.00860. The highest BCUT2D eigenvalue weighted by Crippen LogP contribution is 2.30. The maximum absolute atomic E-state index is 12.9. The summed E-state index contributed by atoms with van der Waals surface area (Å²) >= 11 is 0. The molecule has 1 saturated heterocycles. The van der Waals surface area contributed by atoms with Gasteiger partial charge < -0.3 is 14.7 Å². The van der Waals surface area contributed by atoms with E-state index in [1.54, 1.807) is 49.1 Å². The minimum Gasteiger partial charge on any atom is -0.481 e. The quantitative estimate of drug-likeness (QED) is 0.696. The second-order valence-corrected chi connectivity index (χ2v) is 8.85. The molecule has 1 heterocycles. The average Bonchev–Trinajstić information content (AvgIpc) is 3.22. The third-order valence-corrected chi connectivity index (χ3v) is 6.49. The highest BCUT2D eigenvalue weighted by molar-refractivity contribution is 7.92. The fraction of sp³-hybridized carbons (Fsp3) is 0.333. The molecule has 30 heavy (non-hydrogen) atoms. The van der Waals surface area contributed by atoms with Crippen LogP contribution in [0.25, 0.3) is 0 Å². The van der Waals surface area contributed by atoms with Crippen molar-refractivity contribution in [3.8, 4) is 5.75 Å². The van der Waals surface area contributed by atoms with E-state index in [1.807, 2.05) is 0 Å². The Bertz CT molecular complexity index is 1060. The average molecular weight is 432 g/mol. The second kappa shape index (κ2) is 8.74. The molecule has 9 heteroatoms. The number of carboxylic acid groups (broad SMARTS) is 1. The Morgan fingerprint density at radius 2 is 1.70 bits per heavy atom. The molecule has 0 saturated carbocycles. The highest BCUT2D eigenvalue weighted by atomic mass is 32.2. The first-order valence-corrected chi connectivity index (χ1v) is 11.0. The number of sulfonamides is 1. The lowest BCUT2D eigenvalue weighted by Crippen LogP contribution is -2.27. The summed E-state index contributed by atoms with van der Waals surface area (Å²) in [5.74, 6) is -0.980. The molecule has 1 amide bonds. The molecule has 0 radical (unpaired) electrons. The van der Waals surface area contributed by atoms with Crippen molar-refractivity contribution >= 4 is 27.6 Å². The molecule has 0 aromatic heterocycles. The first-order valence-electron chi connectivity index (χ1n) is 9.56. The van der Waals surface area contributed by atoms with Crippen molar-refractivity contribution in [1.29, 1.82) is 0 Å². The van der Waals surface area contributed by atoms with Crippen LogP contribution in [0.4, 0.5) is 5.69 Å². The molecule has 3 rings (SSSR count). The number of ether oxygens (including phenoxy) is 1. The summed E-state index contributed by atoms with van der Waals surface area (Å²) in [6, 6.07) is 9.31. The van der Waals surface area contributed by atoms with Crippen LogP contribution >= 0.6 is 0 Å². The number of benzene rings is 2. The molecule has 0 aliphatic carbocycles. The highest BCUT2D eigenvalue weighted by Gasteiger charge is 2.22. The summed E-state index contributed by atoms with van der Waals surface area (Å²) < 4.78 is 33.6. The van der Waals surface area contributed by atoms with E-state index in [2.05, 4.69) is 4.72 Å². The first kappa shape index (κ1) is 21.6. The van der Waals surface area contributed by atoms with Crippen LogP contribution in [-0.4, -0.2) is 50.0 Å². The topological polar surface area (TPSA) is 113 Å². The number of rotatable bonds is 7. The number of likely N-dealkylation sites (tertiary alicyclic amines) is 1. The van der Waals surface area contributed by atoms with E-state index in [0.717, 1.165) is 25.9 Å². The van der Waals surface area contributed by atoms with Gasteiger partial charge in [-0.1, -0.05) is 6.07 Å². The number of aliphatic carboxylic acids is 1. The summed E-state index contributed by atoms with van der Waals surface area (Å²) in [7, 11) is -3.94. The van der Waals surface area contributed by atoms with Gasteiger partial charge in [0.05, 0.1) is 4.90 Å². The molecule has 0 spiro atoms. The standard InChI is InChI=1S/C21H24N2O6S/c1-14-5-10-18(15(2)20(14)29-13-19(24)25)30(27,28)22-17-8-6-16(7-9-17)21(26)23-11-3-4-12-23/h5-10,22H,3-4,11-13H2,1-2H3,(H,24,25). The van der Waals surface area contributed by atoms with E-state index in [0.29, 0.717) is 22.4 Å². The zero-order valence-electron chi connectivity index (χ0n) is 16.8. The lowest BCUT2D eigenvalue weighted by atomic mass is 10.1. The van der Waals surface area contributed by atoms with Crippen LogP contribution < -0.4 is 9.46 Å². The summed E-state index contributed by atoms with van der Waals surface area (Å²) in [6.07, 6.45) is 2.00. The van der Waals surface area contributed by atoms with E-state index in [-0.39, 0.29) is 16.6 Å². The second-order valence-electron chi connectivity index (χ2n) is 7.20. The third-order valence-electron chi connectivity index (χ3n) is 4.96. The summed E-state index contributed by atoms with van der Waals surface area (Å²) in [4.78, 5) is 25.0. The van der Waals surface area contributed by atoms with Gasteiger partial charge in [0.25, 0.3) is 15.9 Å². The van der Waals surface area contributed by atoms with Crippen LogP contribution in [0.2, 0.25) is 0 Å². The van der Waals surface area contributed by atoms with Crippen molar-refractivity contribution in [2.75, 3.05) is 24.4 Å². The maximum atomic E-state index is 12.9. The molecule has 8 nitrogen and oxygen atoms in total. The number of nitrogens with one attached hydrogen (secondary N) is 1. The molecular weight excluding hydrogens is 408 g/mol. The van der Waals surface area contributed by atoms with Gasteiger partial charge in [-0.3, -0.25) is 9.52 Å². The normalized spacial score (nSPS) is 13.9. The Morgan fingerprint density at radius 1 is 1.07 bits per heavy atom. The van der Waals surface area contributed by atoms with Gasteiger partial charge in [-0.15, -0.1) is 0 Å². The van der Waals surface area contributed by atoms with Crippen LogP contribution in [0.15, 0.2) is 41.3 Å². The fourth-order valence-corrected chi connectivity index (χ4v) is 4.75. The molecule has 0 atom stereocenters. The van der Waals surface area contributed by atoms with Gasteiger partial charge in [-0.25, -0.2) is 13.2 Å². The van der Waals surface area contributed by atoms with Gasteiger partial charge in [0.2, 0.25) is 0 Å². The number of hydrogen-bond donors (Lipinski definition) is 2. The van der Waals surface area contributed by atoms with Crippen molar-refractivity contribution in [3.63, 3.8) is 0 Å². The number of nitrogens with zero attached hydrogens (tertiary/aromatic N) is 1. The predicted octanol–water partition coefficient (Wildman–Crippen LogP) is 2.80. The van der Waals surface area contributed by atoms with Gasteiger partial charge in [-0.2, -0.15) is 0 Å². The Morgan fingerprint density at radius 3 is 2.30 bits per heavy atom. The van der Waals surface area contributed by atoms with Crippen molar-refractivity contribution in [2.24, 2.45) is 0 Å². The zero-order valence-corrected chi connectivity index (χ0v) is 17.7. The third kappa shape index (κ3) is 4.73. The summed E-state index contributed by atoms with van der Waals surface area (Å²) in [5.41, 5.74) is 1.79. The number of anilines is 1. The lowest BCUT2D eigenvalue weighted by Gasteiger charge is -2.17. The largest absolute Gasteiger partial charge is 0.481 e. The molecule has 0 unspecified atom stereocenters. The van der Waals surface area contributed by atoms with Gasteiger partial charge in [-0.05, 0) is 62.6 Å². The zero-order chi connectivity index (χ0) is 21.9. The molecule has 160 valence electrons. The minimum atomic E-state index is -3.94. The SMILES string of the molecule is Cc1ccc(S(=O)(=O)Nc2ccc(C(=O)N3CCCC3)cc2)c(C)c1OCC(=O)O. The number of hydrogen-bond acceptors (Lipinski definition) is 5. The van der Waals surface area contributed by atoms with E-state index < -0.39 is 22.6 Å². The molecule has 1 fully saturated rings. The van der Waals surface area contributed by atoms with Crippen LogP contribution in [0.1, 0.15) is 34.3 Å². The van der Waals surface area contributed by atoms with Crippen LogP contribution in [0, 0.1) is 13.8 Å².